The maximum absolute atomic E-state index is 6.93. The first-order valence-corrected chi connectivity index (χ1v) is 14.5. The molecule has 0 radical (unpaired) electrons. The number of unbranched alkanes of at least 4 members (excludes halogenated alkanes) is 8. The van der Waals surface area contributed by atoms with Crippen molar-refractivity contribution >= 4 is 18.9 Å². The molecule has 0 aliphatic heterocycles. The van der Waals surface area contributed by atoms with E-state index in [1.807, 2.05) is 0 Å². The van der Waals surface area contributed by atoms with Crippen molar-refractivity contribution in [3.05, 3.63) is 60.7 Å². The van der Waals surface area contributed by atoms with E-state index < -0.39 is 8.56 Å². The largest absolute Gasteiger partial charge is 0.407 e. The summed E-state index contributed by atoms with van der Waals surface area (Å²) in [6.07, 6.45) is 14.0. The fourth-order valence-corrected chi connectivity index (χ4v) is 7.50. The molecule has 0 aromatic heterocycles. The third kappa shape index (κ3) is 8.92. The lowest BCUT2D eigenvalue weighted by Crippen LogP contribution is -2.64. The number of hydrogen-bond acceptors (Lipinski definition) is 2. The van der Waals surface area contributed by atoms with E-state index in [2.05, 4.69) is 81.4 Å². The van der Waals surface area contributed by atoms with Crippen LogP contribution >= 0.6 is 0 Å². The second kappa shape index (κ2) is 15.4. The van der Waals surface area contributed by atoms with Crippen LogP contribution in [0.15, 0.2) is 60.7 Å². The molecule has 0 fully saturated rings. The van der Waals surface area contributed by atoms with Gasteiger partial charge in [-0.1, -0.05) is 132 Å². The molecule has 3 heteroatoms. The molecule has 0 amide bonds. The molecular formula is C28H44O2Si. The van der Waals surface area contributed by atoms with Crippen molar-refractivity contribution in [3.63, 3.8) is 0 Å². The highest BCUT2D eigenvalue weighted by atomic mass is 28.4. The van der Waals surface area contributed by atoms with Gasteiger partial charge in [0.15, 0.2) is 0 Å². The summed E-state index contributed by atoms with van der Waals surface area (Å²) in [6.45, 7) is 7.52. The van der Waals surface area contributed by atoms with E-state index in [4.69, 9.17) is 8.85 Å². The number of benzene rings is 2. The quantitative estimate of drug-likeness (QED) is 0.195. The fraction of sp³-hybridized carbons (Fsp3) is 0.571. The fourth-order valence-electron chi connectivity index (χ4n) is 4.12. The molecular weight excluding hydrogens is 396 g/mol. The molecule has 0 saturated heterocycles. The zero-order valence-corrected chi connectivity index (χ0v) is 21.2. The normalized spacial score (nSPS) is 12.7. The third-order valence-electron chi connectivity index (χ3n) is 5.94. The summed E-state index contributed by atoms with van der Waals surface area (Å²) in [5.74, 6) is 0. The Labute approximate surface area is 192 Å². The summed E-state index contributed by atoms with van der Waals surface area (Å²) >= 11 is 0. The summed E-state index contributed by atoms with van der Waals surface area (Å²) in [5.41, 5.74) is 0. The Hall–Kier alpha value is -1.42. The lowest BCUT2D eigenvalue weighted by atomic mass is 10.1. The highest BCUT2D eigenvalue weighted by Crippen LogP contribution is 2.17. The molecule has 0 saturated carbocycles. The highest BCUT2D eigenvalue weighted by Gasteiger charge is 2.43. The van der Waals surface area contributed by atoms with Gasteiger partial charge in [-0.05, 0) is 30.1 Å². The van der Waals surface area contributed by atoms with Gasteiger partial charge in [0.1, 0.15) is 0 Å². The summed E-state index contributed by atoms with van der Waals surface area (Å²) in [5, 5.41) is 2.43. The van der Waals surface area contributed by atoms with Gasteiger partial charge in [-0.25, -0.2) is 0 Å². The molecule has 0 aliphatic carbocycles. The summed E-state index contributed by atoms with van der Waals surface area (Å²) < 4.78 is 13.8. The Bertz CT molecular complexity index is 634. The summed E-state index contributed by atoms with van der Waals surface area (Å²) in [7, 11) is -2.75. The van der Waals surface area contributed by atoms with Gasteiger partial charge in [-0.3, -0.25) is 0 Å². The van der Waals surface area contributed by atoms with E-state index in [1.165, 1.54) is 68.2 Å². The molecule has 1 atom stereocenters. The Balaban J connectivity index is 2.14. The van der Waals surface area contributed by atoms with Crippen molar-refractivity contribution < 1.29 is 8.85 Å². The van der Waals surface area contributed by atoms with E-state index in [1.54, 1.807) is 0 Å². The molecule has 0 heterocycles. The summed E-state index contributed by atoms with van der Waals surface area (Å²) in [4.78, 5) is 0. The lowest BCUT2D eigenvalue weighted by Gasteiger charge is -2.34. The van der Waals surface area contributed by atoms with E-state index in [9.17, 15) is 0 Å². The van der Waals surface area contributed by atoms with Crippen LogP contribution in [0.2, 0.25) is 0 Å². The zero-order chi connectivity index (χ0) is 22.2. The minimum atomic E-state index is -2.75. The molecule has 1 unspecified atom stereocenters. The van der Waals surface area contributed by atoms with Crippen molar-refractivity contribution in [3.8, 4) is 0 Å². The molecule has 2 aromatic rings. The Morgan fingerprint density at radius 2 is 1.13 bits per heavy atom. The lowest BCUT2D eigenvalue weighted by molar-refractivity contribution is 0.132. The maximum atomic E-state index is 6.93. The predicted molar refractivity (Wildman–Crippen MR) is 137 cm³/mol. The van der Waals surface area contributed by atoms with Crippen molar-refractivity contribution in [2.24, 2.45) is 0 Å². The molecule has 172 valence electrons. The van der Waals surface area contributed by atoms with Gasteiger partial charge in [-0.2, -0.15) is 0 Å². The van der Waals surface area contributed by atoms with Crippen LogP contribution in [0.25, 0.3) is 0 Å². The van der Waals surface area contributed by atoms with E-state index in [0.29, 0.717) is 0 Å². The van der Waals surface area contributed by atoms with Crippen LogP contribution in [0.5, 0.6) is 0 Å². The molecule has 0 bridgehead atoms. The number of rotatable bonds is 17. The van der Waals surface area contributed by atoms with Crippen molar-refractivity contribution in [2.75, 3.05) is 6.61 Å². The minimum Gasteiger partial charge on any atom is -0.388 e. The molecule has 0 aliphatic rings. The van der Waals surface area contributed by atoms with Gasteiger partial charge in [0.05, 0.1) is 0 Å². The van der Waals surface area contributed by atoms with E-state index in [0.717, 1.165) is 19.4 Å². The molecule has 31 heavy (non-hydrogen) atoms. The van der Waals surface area contributed by atoms with Gasteiger partial charge in [0, 0.05) is 12.7 Å². The first-order valence-electron chi connectivity index (χ1n) is 12.7. The average molecular weight is 441 g/mol. The first-order chi connectivity index (χ1) is 15.2. The molecule has 2 rings (SSSR count). The van der Waals surface area contributed by atoms with Gasteiger partial charge in [0.25, 0.3) is 0 Å². The van der Waals surface area contributed by atoms with Crippen molar-refractivity contribution in [1.82, 2.24) is 0 Å². The summed E-state index contributed by atoms with van der Waals surface area (Å²) in [6, 6.07) is 21.4. The molecule has 2 aromatic carbocycles. The van der Waals surface area contributed by atoms with Crippen LogP contribution in [-0.4, -0.2) is 21.3 Å². The Morgan fingerprint density at radius 3 is 1.68 bits per heavy atom. The van der Waals surface area contributed by atoms with Crippen LogP contribution in [0, 0.1) is 0 Å². The SMILES string of the molecule is CCCCCCCCCO[Si](OC(C)CCCCC)(c1ccccc1)c1ccccc1. The van der Waals surface area contributed by atoms with Gasteiger partial charge >= 0.3 is 8.56 Å². The predicted octanol–water partition coefficient (Wildman–Crippen LogP) is 7.00. The Morgan fingerprint density at radius 1 is 0.645 bits per heavy atom. The smallest absolute Gasteiger partial charge is 0.388 e. The first kappa shape index (κ1) is 25.8. The average Bonchev–Trinajstić information content (AvgIpc) is 2.81. The van der Waals surface area contributed by atoms with E-state index >= 15 is 0 Å². The topological polar surface area (TPSA) is 18.5 Å². The second-order valence-electron chi connectivity index (χ2n) is 8.74. The minimum absolute atomic E-state index is 0.188. The van der Waals surface area contributed by atoms with E-state index in [-0.39, 0.29) is 6.10 Å². The van der Waals surface area contributed by atoms with Crippen LogP contribution < -0.4 is 10.4 Å². The third-order valence-corrected chi connectivity index (χ3v) is 9.47. The monoisotopic (exact) mass is 440 g/mol. The van der Waals surface area contributed by atoms with Gasteiger partial charge in [0.2, 0.25) is 0 Å². The second-order valence-corrected chi connectivity index (χ2v) is 11.7. The highest BCUT2D eigenvalue weighted by molar-refractivity contribution is 6.92. The van der Waals surface area contributed by atoms with Crippen LogP contribution in [-0.2, 0) is 8.85 Å². The standard InChI is InChI=1S/C28H44O2Si/c1-4-6-8-9-10-11-19-25-29-31(27-21-15-12-16-22-27,28-23-17-13-18-24-28)30-26(3)20-14-7-5-2/h12-13,15-18,21-24,26H,4-11,14,19-20,25H2,1-3H3. The maximum Gasteiger partial charge on any atom is 0.407 e. The van der Waals surface area contributed by atoms with Crippen molar-refractivity contribution in [1.29, 1.82) is 0 Å². The molecule has 0 spiro atoms. The van der Waals surface area contributed by atoms with Crippen LogP contribution in [0.3, 0.4) is 0 Å². The molecule has 2 nitrogen and oxygen atoms in total. The van der Waals surface area contributed by atoms with Gasteiger partial charge < -0.3 is 8.85 Å². The van der Waals surface area contributed by atoms with Gasteiger partial charge in [-0.15, -0.1) is 0 Å². The van der Waals surface area contributed by atoms with Crippen molar-refractivity contribution in [2.45, 2.75) is 97.5 Å². The van der Waals surface area contributed by atoms with Crippen LogP contribution in [0.1, 0.15) is 91.4 Å². The molecule has 0 N–H and O–H groups in total. The van der Waals surface area contributed by atoms with Crippen LogP contribution in [0.4, 0.5) is 0 Å². The Kier molecular flexibility index (Phi) is 12.8. The number of hydrogen-bond donors (Lipinski definition) is 0. The zero-order valence-electron chi connectivity index (χ0n) is 20.2.